The number of unbranched alkanes of at least 4 members (excludes halogenated alkanes) is 1. The summed E-state index contributed by atoms with van der Waals surface area (Å²) in [5, 5.41) is 0. The van der Waals surface area contributed by atoms with Gasteiger partial charge in [0.2, 0.25) is 0 Å². The molecule has 0 aliphatic heterocycles. The van der Waals surface area contributed by atoms with Gasteiger partial charge < -0.3 is 10.5 Å². The van der Waals surface area contributed by atoms with Gasteiger partial charge in [0, 0.05) is 4.90 Å². The fourth-order valence-electron chi connectivity index (χ4n) is 2.04. The van der Waals surface area contributed by atoms with Crippen LogP contribution in [0.1, 0.15) is 44.2 Å². The molecule has 0 saturated heterocycles. The molecule has 3 nitrogen and oxygen atoms in total. The molecule has 1 aromatic carbocycles. The standard InChI is InChI=1S/C17H27NO2S/c1-5-20-16(19)17(4,18)10-6-7-11-21-15-12-13(2)8-9-14(15)3/h8-9,12H,5-7,10-11,18H2,1-4H3. The molecule has 1 atom stereocenters. The summed E-state index contributed by atoms with van der Waals surface area (Å²) in [5.41, 5.74) is 7.75. The van der Waals surface area contributed by atoms with Crippen LogP contribution in [0.4, 0.5) is 0 Å². The first-order valence-electron chi connectivity index (χ1n) is 7.53. The summed E-state index contributed by atoms with van der Waals surface area (Å²) >= 11 is 1.87. The number of esters is 1. The van der Waals surface area contributed by atoms with Crippen LogP contribution in [-0.2, 0) is 9.53 Å². The van der Waals surface area contributed by atoms with E-state index in [1.165, 1.54) is 16.0 Å². The molecule has 0 bridgehead atoms. The van der Waals surface area contributed by atoms with Crippen LogP contribution >= 0.6 is 11.8 Å². The molecule has 0 saturated carbocycles. The third-order valence-electron chi connectivity index (χ3n) is 3.43. The highest BCUT2D eigenvalue weighted by Crippen LogP contribution is 2.25. The fraction of sp³-hybridized carbons (Fsp3) is 0.588. The van der Waals surface area contributed by atoms with Gasteiger partial charge in [0.1, 0.15) is 5.54 Å². The van der Waals surface area contributed by atoms with Crippen molar-refractivity contribution in [2.45, 2.75) is 57.4 Å². The van der Waals surface area contributed by atoms with Crippen molar-refractivity contribution in [2.24, 2.45) is 5.73 Å². The summed E-state index contributed by atoms with van der Waals surface area (Å²) < 4.78 is 4.99. The molecule has 0 amide bonds. The van der Waals surface area contributed by atoms with Gasteiger partial charge in [0.15, 0.2) is 0 Å². The molecule has 0 aromatic heterocycles. The van der Waals surface area contributed by atoms with E-state index in [0.717, 1.165) is 18.6 Å². The lowest BCUT2D eigenvalue weighted by molar-refractivity contribution is -0.149. The van der Waals surface area contributed by atoms with Gasteiger partial charge in [0.05, 0.1) is 6.61 Å². The Balaban J connectivity index is 2.31. The van der Waals surface area contributed by atoms with E-state index in [2.05, 4.69) is 32.0 Å². The fourth-order valence-corrected chi connectivity index (χ4v) is 3.17. The Morgan fingerprint density at radius 1 is 1.33 bits per heavy atom. The van der Waals surface area contributed by atoms with Crippen molar-refractivity contribution < 1.29 is 9.53 Å². The molecule has 0 aliphatic rings. The van der Waals surface area contributed by atoms with Gasteiger partial charge in [0.25, 0.3) is 0 Å². The molecule has 4 heteroatoms. The van der Waals surface area contributed by atoms with Crippen LogP contribution in [0, 0.1) is 13.8 Å². The number of nitrogens with two attached hydrogens (primary N) is 1. The van der Waals surface area contributed by atoms with Crippen molar-refractivity contribution in [3.8, 4) is 0 Å². The van der Waals surface area contributed by atoms with Crippen molar-refractivity contribution in [1.82, 2.24) is 0 Å². The second kappa shape index (κ2) is 8.44. The molecule has 0 radical (unpaired) electrons. The number of ether oxygens (including phenoxy) is 1. The van der Waals surface area contributed by atoms with E-state index in [9.17, 15) is 4.79 Å². The van der Waals surface area contributed by atoms with Gasteiger partial charge in [-0.2, -0.15) is 0 Å². The maximum Gasteiger partial charge on any atom is 0.325 e. The number of aryl methyl sites for hydroxylation is 2. The summed E-state index contributed by atoms with van der Waals surface area (Å²) in [5.74, 6) is 0.746. The van der Waals surface area contributed by atoms with Crippen LogP contribution < -0.4 is 5.73 Å². The SMILES string of the molecule is CCOC(=O)C(C)(N)CCCCSc1cc(C)ccc1C. The zero-order valence-electron chi connectivity index (χ0n) is 13.6. The van der Waals surface area contributed by atoms with E-state index in [1.54, 1.807) is 13.8 Å². The zero-order chi connectivity index (χ0) is 15.9. The van der Waals surface area contributed by atoms with Crippen LogP contribution in [0.5, 0.6) is 0 Å². The largest absolute Gasteiger partial charge is 0.465 e. The average molecular weight is 309 g/mol. The van der Waals surface area contributed by atoms with E-state index in [-0.39, 0.29) is 5.97 Å². The number of hydrogen-bond acceptors (Lipinski definition) is 4. The normalized spacial score (nSPS) is 13.8. The van der Waals surface area contributed by atoms with Gasteiger partial charge in [-0.1, -0.05) is 24.1 Å². The molecule has 0 heterocycles. The van der Waals surface area contributed by atoms with Crippen LogP contribution in [0.15, 0.2) is 23.1 Å². The molecule has 1 rings (SSSR count). The lowest BCUT2D eigenvalue weighted by atomic mass is 9.96. The van der Waals surface area contributed by atoms with E-state index in [4.69, 9.17) is 10.5 Å². The molecule has 0 aliphatic carbocycles. The number of hydrogen-bond donors (Lipinski definition) is 1. The first-order chi connectivity index (χ1) is 9.86. The molecule has 21 heavy (non-hydrogen) atoms. The van der Waals surface area contributed by atoms with Gasteiger partial charge in [-0.15, -0.1) is 11.8 Å². The van der Waals surface area contributed by atoms with Crippen molar-refractivity contribution in [1.29, 1.82) is 0 Å². The van der Waals surface area contributed by atoms with E-state index in [1.807, 2.05) is 11.8 Å². The van der Waals surface area contributed by atoms with Gasteiger partial charge in [-0.25, -0.2) is 0 Å². The predicted octanol–water partition coefficient (Wildman–Crippen LogP) is 3.85. The van der Waals surface area contributed by atoms with E-state index >= 15 is 0 Å². The van der Waals surface area contributed by atoms with Gasteiger partial charge in [-0.3, -0.25) is 4.79 Å². The maximum absolute atomic E-state index is 11.7. The van der Waals surface area contributed by atoms with E-state index in [0.29, 0.717) is 13.0 Å². The van der Waals surface area contributed by atoms with Crippen molar-refractivity contribution in [2.75, 3.05) is 12.4 Å². The summed E-state index contributed by atoms with van der Waals surface area (Å²) in [6, 6.07) is 6.53. The minimum atomic E-state index is -0.861. The molecule has 0 spiro atoms. The number of rotatable bonds is 8. The second-order valence-corrected chi connectivity index (χ2v) is 6.85. The Labute approximate surface area is 132 Å². The summed E-state index contributed by atoms with van der Waals surface area (Å²) in [4.78, 5) is 13.0. The van der Waals surface area contributed by atoms with E-state index < -0.39 is 5.54 Å². The highest BCUT2D eigenvalue weighted by Gasteiger charge is 2.28. The van der Waals surface area contributed by atoms with Crippen LogP contribution in [0.3, 0.4) is 0 Å². The van der Waals surface area contributed by atoms with Crippen molar-refractivity contribution in [3.05, 3.63) is 29.3 Å². The number of thioether (sulfide) groups is 1. The molecule has 0 fully saturated rings. The van der Waals surface area contributed by atoms with Gasteiger partial charge >= 0.3 is 5.97 Å². The Hall–Kier alpha value is -1.00. The number of carbonyl (C=O) groups excluding carboxylic acids is 1. The minimum absolute atomic E-state index is 0.299. The molecule has 1 unspecified atom stereocenters. The summed E-state index contributed by atoms with van der Waals surface area (Å²) in [6.07, 6.45) is 2.65. The second-order valence-electron chi connectivity index (χ2n) is 5.71. The number of carbonyl (C=O) groups is 1. The van der Waals surface area contributed by atoms with Crippen LogP contribution in [-0.4, -0.2) is 23.9 Å². The Morgan fingerprint density at radius 3 is 2.71 bits per heavy atom. The van der Waals surface area contributed by atoms with Crippen molar-refractivity contribution in [3.63, 3.8) is 0 Å². The zero-order valence-corrected chi connectivity index (χ0v) is 14.4. The summed E-state index contributed by atoms with van der Waals surface area (Å²) in [7, 11) is 0. The van der Waals surface area contributed by atoms with Crippen LogP contribution in [0.2, 0.25) is 0 Å². The Kier molecular flexibility index (Phi) is 7.26. The lowest BCUT2D eigenvalue weighted by Crippen LogP contribution is -2.46. The third kappa shape index (κ3) is 6.10. The first kappa shape index (κ1) is 18.1. The minimum Gasteiger partial charge on any atom is -0.465 e. The highest BCUT2D eigenvalue weighted by molar-refractivity contribution is 7.99. The average Bonchev–Trinajstić information content (AvgIpc) is 2.42. The molecular weight excluding hydrogens is 282 g/mol. The monoisotopic (exact) mass is 309 g/mol. The molecule has 2 N–H and O–H groups in total. The quantitative estimate of drug-likeness (QED) is 0.450. The van der Waals surface area contributed by atoms with Crippen molar-refractivity contribution >= 4 is 17.7 Å². The van der Waals surface area contributed by atoms with Gasteiger partial charge in [-0.05, 0) is 57.9 Å². The predicted molar refractivity (Wildman–Crippen MR) is 89.7 cm³/mol. The number of benzene rings is 1. The molecule has 118 valence electrons. The molecular formula is C17H27NO2S. The Morgan fingerprint density at radius 2 is 2.05 bits per heavy atom. The van der Waals surface area contributed by atoms with Crippen LogP contribution in [0.25, 0.3) is 0 Å². The summed E-state index contributed by atoms with van der Waals surface area (Å²) in [6.45, 7) is 8.19. The first-order valence-corrected chi connectivity index (χ1v) is 8.51. The third-order valence-corrected chi connectivity index (χ3v) is 4.68. The smallest absolute Gasteiger partial charge is 0.325 e. The lowest BCUT2D eigenvalue weighted by Gasteiger charge is -2.21. The maximum atomic E-state index is 11.7. The topological polar surface area (TPSA) is 52.3 Å². The highest BCUT2D eigenvalue weighted by atomic mass is 32.2. The Bertz CT molecular complexity index is 472. The molecule has 1 aromatic rings.